The fraction of sp³-hybridized carbons (Fsp3) is 0.417. The van der Waals surface area contributed by atoms with Crippen molar-refractivity contribution in [3.05, 3.63) is 24.3 Å². The summed E-state index contributed by atoms with van der Waals surface area (Å²) in [6, 6.07) is 7.61. The summed E-state index contributed by atoms with van der Waals surface area (Å²) in [4.78, 5) is 0. The number of aryl methyl sites for hydroxylation is 1. The largest absolute Gasteiger partial charge is 0.399 e. The summed E-state index contributed by atoms with van der Waals surface area (Å²) in [7, 11) is 0. The third kappa shape index (κ3) is 2.81. The van der Waals surface area contributed by atoms with E-state index in [1.165, 1.54) is 12.8 Å². The van der Waals surface area contributed by atoms with Crippen molar-refractivity contribution < 1.29 is 0 Å². The quantitative estimate of drug-likeness (QED) is 0.632. The molecule has 1 heterocycles. The van der Waals surface area contributed by atoms with Gasteiger partial charge in [0.2, 0.25) is 0 Å². The highest BCUT2D eigenvalue weighted by molar-refractivity contribution is 5.58. The van der Waals surface area contributed by atoms with Gasteiger partial charge in [0.15, 0.2) is 5.82 Å². The van der Waals surface area contributed by atoms with Gasteiger partial charge in [0.05, 0.1) is 0 Å². The topological polar surface area (TPSA) is 69.6 Å². The van der Waals surface area contributed by atoms with Gasteiger partial charge in [-0.05, 0) is 41.1 Å². The molecule has 0 saturated carbocycles. The van der Waals surface area contributed by atoms with Gasteiger partial charge in [-0.3, -0.25) is 0 Å². The SMILES string of the molecule is CCCCCn1nnnc1-c1ccc(N)cc1. The van der Waals surface area contributed by atoms with E-state index < -0.39 is 0 Å². The molecule has 0 aliphatic rings. The lowest BCUT2D eigenvalue weighted by Crippen LogP contribution is -2.03. The molecule has 5 heteroatoms. The normalized spacial score (nSPS) is 10.6. The highest BCUT2D eigenvalue weighted by atomic mass is 15.5. The van der Waals surface area contributed by atoms with E-state index in [2.05, 4.69) is 22.4 Å². The molecule has 2 aromatic rings. The molecule has 0 radical (unpaired) electrons. The molecular weight excluding hydrogens is 214 g/mol. The van der Waals surface area contributed by atoms with Crippen molar-refractivity contribution in [1.29, 1.82) is 0 Å². The van der Waals surface area contributed by atoms with Crippen molar-refractivity contribution in [3.63, 3.8) is 0 Å². The Hall–Kier alpha value is -1.91. The lowest BCUT2D eigenvalue weighted by Gasteiger charge is -2.04. The Labute approximate surface area is 101 Å². The third-order valence-electron chi connectivity index (χ3n) is 2.67. The Morgan fingerprint density at radius 2 is 1.94 bits per heavy atom. The van der Waals surface area contributed by atoms with Crippen molar-refractivity contribution >= 4 is 5.69 Å². The predicted octanol–water partition coefficient (Wildman–Crippen LogP) is 2.11. The molecule has 0 aliphatic heterocycles. The average Bonchev–Trinajstić information content (AvgIpc) is 2.79. The van der Waals surface area contributed by atoms with Crippen molar-refractivity contribution in [2.75, 3.05) is 5.73 Å². The summed E-state index contributed by atoms with van der Waals surface area (Å²) >= 11 is 0. The van der Waals surface area contributed by atoms with Gasteiger partial charge in [-0.15, -0.1) is 5.10 Å². The van der Waals surface area contributed by atoms with Crippen LogP contribution >= 0.6 is 0 Å². The predicted molar refractivity (Wildman–Crippen MR) is 67.2 cm³/mol. The van der Waals surface area contributed by atoms with Crippen LogP contribution in [0, 0.1) is 0 Å². The standard InChI is InChI=1S/C12H17N5/c1-2-3-4-9-17-12(14-15-16-17)10-5-7-11(13)8-6-10/h5-8H,2-4,9,13H2,1H3. The Kier molecular flexibility index (Phi) is 3.69. The van der Waals surface area contributed by atoms with Crippen molar-refractivity contribution in [2.45, 2.75) is 32.7 Å². The van der Waals surface area contributed by atoms with Gasteiger partial charge in [-0.2, -0.15) is 0 Å². The first-order valence-electron chi connectivity index (χ1n) is 5.93. The summed E-state index contributed by atoms with van der Waals surface area (Å²) in [6.45, 7) is 3.04. The van der Waals surface area contributed by atoms with Crippen molar-refractivity contribution in [1.82, 2.24) is 20.2 Å². The maximum Gasteiger partial charge on any atom is 0.182 e. The molecule has 0 atom stereocenters. The lowest BCUT2D eigenvalue weighted by molar-refractivity contribution is 0.541. The van der Waals surface area contributed by atoms with Crippen LogP contribution in [0.15, 0.2) is 24.3 Å². The average molecular weight is 231 g/mol. The Bertz CT molecular complexity index is 460. The summed E-state index contributed by atoms with van der Waals surface area (Å²) in [5, 5.41) is 11.8. The van der Waals surface area contributed by atoms with E-state index in [1.54, 1.807) is 0 Å². The zero-order valence-corrected chi connectivity index (χ0v) is 10.0. The number of nitrogens with two attached hydrogens (primary N) is 1. The highest BCUT2D eigenvalue weighted by Crippen LogP contribution is 2.17. The van der Waals surface area contributed by atoms with Crippen LogP contribution < -0.4 is 5.73 Å². The van der Waals surface area contributed by atoms with Crippen LogP contribution in [-0.4, -0.2) is 20.2 Å². The van der Waals surface area contributed by atoms with E-state index in [0.29, 0.717) is 0 Å². The molecule has 0 aliphatic carbocycles. The van der Waals surface area contributed by atoms with Gasteiger partial charge >= 0.3 is 0 Å². The molecule has 17 heavy (non-hydrogen) atoms. The molecule has 2 rings (SSSR count). The maximum atomic E-state index is 5.66. The molecule has 0 amide bonds. The number of benzene rings is 1. The first-order valence-corrected chi connectivity index (χ1v) is 5.93. The van der Waals surface area contributed by atoms with Crippen molar-refractivity contribution in [2.24, 2.45) is 0 Å². The second-order valence-corrected chi connectivity index (χ2v) is 4.05. The molecule has 90 valence electrons. The van der Waals surface area contributed by atoms with Gasteiger partial charge in [-0.25, -0.2) is 4.68 Å². The number of unbranched alkanes of at least 4 members (excludes halogenated alkanes) is 2. The van der Waals surface area contributed by atoms with Gasteiger partial charge in [0.25, 0.3) is 0 Å². The number of nitrogen functional groups attached to an aromatic ring is 1. The van der Waals surface area contributed by atoms with Gasteiger partial charge in [0.1, 0.15) is 0 Å². The molecule has 2 N–H and O–H groups in total. The summed E-state index contributed by atoms with van der Waals surface area (Å²) in [5.74, 6) is 0.807. The van der Waals surface area contributed by atoms with Crippen molar-refractivity contribution in [3.8, 4) is 11.4 Å². The van der Waals surface area contributed by atoms with Gasteiger partial charge in [0, 0.05) is 17.8 Å². The van der Waals surface area contributed by atoms with E-state index in [4.69, 9.17) is 5.73 Å². The summed E-state index contributed by atoms with van der Waals surface area (Å²) in [6.07, 6.45) is 3.49. The Balaban J connectivity index is 2.15. The minimum absolute atomic E-state index is 0.749. The number of hydrogen-bond donors (Lipinski definition) is 1. The van der Waals surface area contributed by atoms with E-state index >= 15 is 0 Å². The van der Waals surface area contributed by atoms with Gasteiger partial charge < -0.3 is 5.73 Å². The van der Waals surface area contributed by atoms with Crippen LogP contribution in [-0.2, 0) is 6.54 Å². The van der Waals surface area contributed by atoms with E-state index in [0.717, 1.165) is 30.0 Å². The first-order chi connectivity index (χ1) is 8.31. The minimum atomic E-state index is 0.749. The molecule has 0 saturated heterocycles. The third-order valence-corrected chi connectivity index (χ3v) is 2.67. The van der Waals surface area contributed by atoms with Crippen LogP contribution in [0.25, 0.3) is 11.4 Å². The smallest absolute Gasteiger partial charge is 0.182 e. The monoisotopic (exact) mass is 231 g/mol. The maximum absolute atomic E-state index is 5.66. The fourth-order valence-corrected chi connectivity index (χ4v) is 1.71. The van der Waals surface area contributed by atoms with Crippen LogP contribution in [0.3, 0.4) is 0 Å². The van der Waals surface area contributed by atoms with Crippen LogP contribution in [0.4, 0.5) is 5.69 Å². The molecule has 1 aromatic heterocycles. The summed E-state index contributed by atoms with van der Waals surface area (Å²) < 4.78 is 1.85. The molecular formula is C12H17N5. The second-order valence-electron chi connectivity index (χ2n) is 4.05. The molecule has 0 bridgehead atoms. The van der Waals surface area contributed by atoms with Crippen LogP contribution in [0.5, 0.6) is 0 Å². The zero-order valence-electron chi connectivity index (χ0n) is 10.0. The Morgan fingerprint density at radius 3 is 2.65 bits per heavy atom. The van der Waals surface area contributed by atoms with Crippen LogP contribution in [0.2, 0.25) is 0 Å². The molecule has 0 fully saturated rings. The van der Waals surface area contributed by atoms with Crippen LogP contribution in [0.1, 0.15) is 26.2 Å². The lowest BCUT2D eigenvalue weighted by atomic mass is 10.2. The number of hydrogen-bond acceptors (Lipinski definition) is 4. The van der Waals surface area contributed by atoms with E-state index in [-0.39, 0.29) is 0 Å². The minimum Gasteiger partial charge on any atom is -0.399 e. The molecule has 0 unspecified atom stereocenters. The van der Waals surface area contributed by atoms with E-state index in [9.17, 15) is 0 Å². The molecule has 5 nitrogen and oxygen atoms in total. The number of rotatable bonds is 5. The second kappa shape index (κ2) is 5.43. The Morgan fingerprint density at radius 1 is 1.18 bits per heavy atom. The fourth-order valence-electron chi connectivity index (χ4n) is 1.71. The molecule has 1 aromatic carbocycles. The first kappa shape index (κ1) is 11.6. The molecule has 0 spiro atoms. The number of nitrogens with zero attached hydrogens (tertiary/aromatic N) is 4. The summed E-state index contributed by atoms with van der Waals surface area (Å²) in [5.41, 5.74) is 7.41. The zero-order chi connectivity index (χ0) is 12.1. The number of tetrazole rings is 1. The van der Waals surface area contributed by atoms with E-state index in [1.807, 2.05) is 28.9 Å². The number of aromatic nitrogens is 4. The van der Waals surface area contributed by atoms with Gasteiger partial charge in [-0.1, -0.05) is 19.8 Å². The highest BCUT2D eigenvalue weighted by Gasteiger charge is 2.07. The number of anilines is 1.